The van der Waals surface area contributed by atoms with E-state index in [2.05, 4.69) is 0 Å². The fourth-order valence-corrected chi connectivity index (χ4v) is 2.60. The molecule has 0 aromatic heterocycles. The molecule has 24 heavy (non-hydrogen) atoms. The molecule has 2 aromatic carbocycles. The van der Waals surface area contributed by atoms with Gasteiger partial charge in [0.15, 0.2) is 11.5 Å². The Kier molecular flexibility index (Phi) is 3.04. The number of ketones is 2. The van der Waals surface area contributed by atoms with Crippen LogP contribution in [0.4, 0.5) is 11.4 Å². The van der Waals surface area contributed by atoms with E-state index in [1.807, 2.05) is 0 Å². The number of phenols is 2. The van der Waals surface area contributed by atoms with Gasteiger partial charge in [0.05, 0.1) is 15.4 Å². The van der Waals surface area contributed by atoms with Gasteiger partial charge in [-0.2, -0.15) is 0 Å². The molecule has 0 spiro atoms. The van der Waals surface area contributed by atoms with Gasteiger partial charge in [0, 0.05) is 17.2 Å². The third-order valence-electron chi connectivity index (χ3n) is 3.64. The summed E-state index contributed by atoms with van der Waals surface area (Å²) in [5.41, 5.74) is -3.76. The monoisotopic (exact) mass is 330 g/mol. The molecule has 0 saturated heterocycles. The predicted molar refractivity (Wildman–Crippen MR) is 76.4 cm³/mol. The van der Waals surface area contributed by atoms with Gasteiger partial charge < -0.3 is 10.2 Å². The summed E-state index contributed by atoms with van der Waals surface area (Å²) in [5.74, 6) is -3.76. The molecule has 1 aliphatic rings. The van der Waals surface area contributed by atoms with Gasteiger partial charge in [-0.3, -0.25) is 29.8 Å². The minimum atomic E-state index is -1.00. The first kappa shape index (κ1) is 15.1. The maximum Gasteiger partial charge on any atom is 0.322 e. The second-order valence-electron chi connectivity index (χ2n) is 4.88. The van der Waals surface area contributed by atoms with Crippen LogP contribution in [0, 0.1) is 20.2 Å². The summed E-state index contributed by atoms with van der Waals surface area (Å²) >= 11 is 0. The lowest BCUT2D eigenvalue weighted by Gasteiger charge is -2.18. The van der Waals surface area contributed by atoms with Crippen molar-refractivity contribution in [2.24, 2.45) is 0 Å². The molecule has 10 heteroatoms. The van der Waals surface area contributed by atoms with Crippen LogP contribution in [0.2, 0.25) is 0 Å². The summed E-state index contributed by atoms with van der Waals surface area (Å²) in [7, 11) is 0. The average Bonchev–Trinajstić information content (AvgIpc) is 2.51. The van der Waals surface area contributed by atoms with Crippen LogP contribution in [0.3, 0.4) is 0 Å². The van der Waals surface area contributed by atoms with Crippen molar-refractivity contribution in [1.82, 2.24) is 0 Å². The molecule has 3 rings (SSSR count). The van der Waals surface area contributed by atoms with E-state index in [1.54, 1.807) is 0 Å². The van der Waals surface area contributed by atoms with E-state index in [1.165, 1.54) is 0 Å². The number of aromatic hydroxyl groups is 2. The molecule has 0 unspecified atom stereocenters. The van der Waals surface area contributed by atoms with E-state index in [-0.39, 0.29) is 0 Å². The Morgan fingerprint density at radius 3 is 1.92 bits per heavy atom. The van der Waals surface area contributed by atoms with Crippen LogP contribution in [0.1, 0.15) is 31.8 Å². The second-order valence-corrected chi connectivity index (χ2v) is 4.88. The lowest BCUT2D eigenvalue weighted by molar-refractivity contribution is -0.386. The largest absolute Gasteiger partial charge is 0.502 e. The zero-order chi connectivity index (χ0) is 17.8. The van der Waals surface area contributed by atoms with Crippen LogP contribution in [0.5, 0.6) is 11.5 Å². The van der Waals surface area contributed by atoms with Gasteiger partial charge >= 0.3 is 11.4 Å². The van der Waals surface area contributed by atoms with E-state index < -0.39 is 66.5 Å². The van der Waals surface area contributed by atoms with Gasteiger partial charge in [-0.1, -0.05) is 0 Å². The Morgan fingerprint density at radius 2 is 1.33 bits per heavy atom. The van der Waals surface area contributed by atoms with Gasteiger partial charge in [-0.25, -0.2) is 0 Å². The van der Waals surface area contributed by atoms with Crippen molar-refractivity contribution in [2.75, 3.05) is 0 Å². The highest BCUT2D eigenvalue weighted by atomic mass is 16.6. The number of nitro groups is 2. The lowest BCUT2D eigenvalue weighted by atomic mass is 9.82. The molecular weight excluding hydrogens is 324 g/mol. The number of fused-ring (bicyclic) bond motifs is 2. The zero-order valence-corrected chi connectivity index (χ0v) is 11.5. The molecule has 0 fully saturated rings. The second kappa shape index (κ2) is 4.84. The van der Waals surface area contributed by atoms with Crippen LogP contribution >= 0.6 is 0 Å². The molecule has 1 aliphatic carbocycles. The van der Waals surface area contributed by atoms with Crippen molar-refractivity contribution in [3.05, 3.63) is 66.7 Å². The number of hydrogen-bond acceptors (Lipinski definition) is 8. The van der Waals surface area contributed by atoms with Crippen molar-refractivity contribution in [3.8, 4) is 11.5 Å². The predicted octanol–water partition coefficient (Wildman–Crippen LogP) is 1.69. The Bertz CT molecular complexity index is 979. The first-order valence-corrected chi connectivity index (χ1v) is 6.35. The third kappa shape index (κ3) is 1.83. The standard InChI is InChI=1S/C14H6N2O8/c17-8-4-2-5-9(11(8)16(23)24)12(18)6-1-3-7(15(21)22)14(20)10(6)13(5)19/h1-4,17,20H. The molecule has 0 atom stereocenters. The van der Waals surface area contributed by atoms with Crippen molar-refractivity contribution in [1.29, 1.82) is 0 Å². The number of rotatable bonds is 2. The van der Waals surface area contributed by atoms with E-state index in [4.69, 9.17) is 0 Å². The highest BCUT2D eigenvalue weighted by Crippen LogP contribution is 2.42. The highest BCUT2D eigenvalue weighted by molar-refractivity contribution is 6.31. The molecule has 0 bridgehead atoms. The summed E-state index contributed by atoms with van der Waals surface area (Å²) in [4.78, 5) is 45.0. The summed E-state index contributed by atoms with van der Waals surface area (Å²) in [6.07, 6.45) is 0. The Hall–Kier alpha value is -3.82. The van der Waals surface area contributed by atoms with Gasteiger partial charge in [-0.15, -0.1) is 0 Å². The van der Waals surface area contributed by atoms with Crippen molar-refractivity contribution in [2.45, 2.75) is 0 Å². The van der Waals surface area contributed by atoms with E-state index in [0.29, 0.717) is 0 Å². The molecular formula is C14H6N2O8. The zero-order valence-electron chi connectivity index (χ0n) is 11.5. The van der Waals surface area contributed by atoms with E-state index >= 15 is 0 Å². The highest BCUT2D eigenvalue weighted by Gasteiger charge is 2.40. The molecule has 0 saturated carbocycles. The van der Waals surface area contributed by atoms with Crippen LogP contribution in [0.15, 0.2) is 24.3 Å². The van der Waals surface area contributed by atoms with E-state index in [0.717, 1.165) is 24.3 Å². The number of benzene rings is 2. The number of hydrogen-bond donors (Lipinski definition) is 2. The summed E-state index contributed by atoms with van der Waals surface area (Å²) in [6.45, 7) is 0. The molecule has 2 N–H and O–H groups in total. The van der Waals surface area contributed by atoms with E-state index in [9.17, 15) is 40.0 Å². The van der Waals surface area contributed by atoms with Gasteiger partial charge in [0.2, 0.25) is 11.5 Å². The number of phenolic OH excluding ortho intramolecular Hbond substituents is 2. The van der Waals surface area contributed by atoms with Crippen LogP contribution < -0.4 is 0 Å². The summed E-state index contributed by atoms with van der Waals surface area (Å²) in [6, 6.07) is 3.60. The fourth-order valence-electron chi connectivity index (χ4n) is 2.60. The normalized spacial score (nSPS) is 12.5. The quantitative estimate of drug-likeness (QED) is 0.530. The maximum absolute atomic E-state index is 12.5. The molecule has 0 amide bonds. The van der Waals surface area contributed by atoms with Gasteiger partial charge in [-0.05, 0) is 18.2 Å². The maximum atomic E-state index is 12.5. The summed E-state index contributed by atoms with van der Waals surface area (Å²) in [5, 5.41) is 41.5. The first-order valence-electron chi connectivity index (χ1n) is 6.35. The SMILES string of the molecule is O=C1c2ccc(O)c([N+](=O)[O-])c2C(=O)c2ccc([N+](=O)[O-])c(O)c21. The lowest BCUT2D eigenvalue weighted by Crippen LogP contribution is -2.22. The molecule has 10 nitrogen and oxygen atoms in total. The smallest absolute Gasteiger partial charge is 0.322 e. The van der Waals surface area contributed by atoms with Crippen molar-refractivity contribution < 1.29 is 29.6 Å². The fraction of sp³-hybridized carbons (Fsp3) is 0. The number of nitro benzene ring substituents is 2. The average molecular weight is 330 g/mol. The van der Waals surface area contributed by atoms with Crippen molar-refractivity contribution >= 4 is 22.9 Å². The minimum Gasteiger partial charge on any atom is -0.502 e. The van der Waals surface area contributed by atoms with Crippen LogP contribution in [-0.4, -0.2) is 31.6 Å². The molecule has 2 aromatic rings. The van der Waals surface area contributed by atoms with Crippen LogP contribution in [0.25, 0.3) is 0 Å². The number of nitrogens with zero attached hydrogens (tertiary/aromatic N) is 2. The molecule has 120 valence electrons. The third-order valence-corrected chi connectivity index (χ3v) is 3.64. The number of carbonyl (C=O) groups is 2. The molecule has 0 heterocycles. The first-order chi connectivity index (χ1) is 11.3. The van der Waals surface area contributed by atoms with Crippen molar-refractivity contribution in [3.63, 3.8) is 0 Å². The van der Waals surface area contributed by atoms with Crippen LogP contribution in [-0.2, 0) is 0 Å². The Morgan fingerprint density at radius 1 is 0.792 bits per heavy atom. The van der Waals surface area contributed by atoms with Gasteiger partial charge in [0.25, 0.3) is 0 Å². The molecule has 0 radical (unpaired) electrons. The summed E-state index contributed by atoms with van der Waals surface area (Å²) < 4.78 is 0. The minimum absolute atomic E-state index is 0.413. The Labute approximate surface area is 131 Å². The topological polar surface area (TPSA) is 161 Å². The number of carbonyl (C=O) groups excluding carboxylic acids is 2. The van der Waals surface area contributed by atoms with Gasteiger partial charge in [0.1, 0.15) is 5.56 Å². The Balaban J connectivity index is 2.38. The molecule has 0 aliphatic heterocycles.